The quantitative estimate of drug-likeness (QED) is 0.668. The Balaban J connectivity index is 2.24. The highest BCUT2D eigenvalue weighted by Crippen LogP contribution is 2.35. The molecule has 1 atom stereocenters. The number of fused-ring (bicyclic) bond motifs is 1. The largest absolute Gasteiger partial charge is 0.587 e. The van der Waals surface area contributed by atoms with Gasteiger partial charge in [-0.2, -0.15) is 3.97 Å². The maximum Gasteiger partial charge on any atom is 0.180 e. The van der Waals surface area contributed by atoms with Crippen LogP contribution < -0.4 is 9.47 Å². The summed E-state index contributed by atoms with van der Waals surface area (Å²) in [7, 11) is 3.18. The molecule has 0 aliphatic rings. The highest BCUT2D eigenvalue weighted by molar-refractivity contribution is 7.90. The molecule has 1 aromatic heterocycles. The van der Waals surface area contributed by atoms with Crippen LogP contribution in [0.3, 0.4) is 0 Å². The first-order chi connectivity index (χ1) is 11.2. The van der Waals surface area contributed by atoms with E-state index in [-0.39, 0.29) is 0 Å². The number of methoxy groups -OCH3 is 2. The van der Waals surface area contributed by atoms with Gasteiger partial charge in [-0.1, -0.05) is 24.8 Å². The van der Waals surface area contributed by atoms with Crippen LogP contribution in [0.25, 0.3) is 17.0 Å². The standard InChI is InChI=1S/C18H17NO3S/c1-4-14-10-13-11-17(21-2)18(22-3)12-16(13)19(14)23(20)15-8-6-5-7-9-15/h4-12H,1H2,2-3H3. The maximum absolute atomic E-state index is 13.0. The Labute approximate surface area is 138 Å². The van der Waals surface area contributed by atoms with E-state index in [4.69, 9.17) is 9.47 Å². The van der Waals surface area contributed by atoms with Gasteiger partial charge in [0, 0.05) is 11.5 Å². The van der Waals surface area contributed by atoms with E-state index >= 15 is 0 Å². The van der Waals surface area contributed by atoms with E-state index in [1.54, 1.807) is 24.3 Å². The fourth-order valence-electron chi connectivity index (χ4n) is 2.50. The average molecular weight is 327 g/mol. The summed E-state index contributed by atoms with van der Waals surface area (Å²) in [6.07, 6.45) is 1.69. The zero-order valence-electron chi connectivity index (χ0n) is 13.0. The molecule has 5 heteroatoms. The van der Waals surface area contributed by atoms with Gasteiger partial charge in [0.25, 0.3) is 0 Å². The Morgan fingerprint density at radius 1 is 1.04 bits per heavy atom. The summed E-state index contributed by atoms with van der Waals surface area (Å²) < 4.78 is 25.5. The Morgan fingerprint density at radius 3 is 2.30 bits per heavy atom. The molecule has 1 unspecified atom stereocenters. The molecule has 0 aliphatic heterocycles. The molecule has 0 amide bonds. The molecule has 1 heterocycles. The lowest BCUT2D eigenvalue weighted by Gasteiger charge is -2.14. The lowest BCUT2D eigenvalue weighted by atomic mass is 10.2. The predicted octanol–water partition coefficient (Wildman–Crippen LogP) is 3.87. The molecular weight excluding hydrogens is 310 g/mol. The Bertz CT molecular complexity index is 842. The first kappa shape index (κ1) is 15.5. The van der Waals surface area contributed by atoms with Crippen molar-refractivity contribution in [3.8, 4) is 11.5 Å². The van der Waals surface area contributed by atoms with Crippen molar-refractivity contribution < 1.29 is 14.0 Å². The van der Waals surface area contributed by atoms with Crippen LogP contribution in [-0.2, 0) is 11.4 Å². The zero-order chi connectivity index (χ0) is 16.4. The van der Waals surface area contributed by atoms with Gasteiger partial charge in [0.15, 0.2) is 16.4 Å². The second-order valence-corrected chi connectivity index (χ2v) is 6.23. The summed E-state index contributed by atoms with van der Waals surface area (Å²) in [5.74, 6) is 1.23. The minimum Gasteiger partial charge on any atom is -0.587 e. The lowest BCUT2D eigenvalue weighted by Crippen LogP contribution is -2.14. The number of hydrogen-bond donors (Lipinski definition) is 0. The maximum atomic E-state index is 13.0. The van der Waals surface area contributed by atoms with Gasteiger partial charge < -0.3 is 14.0 Å². The van der Waals surface area contributed by atoms with E-state index in [1.165, 1.54) is 0 Å². The molecule has 23 heavy (non-hydrogen) atoms. The molecule has 0 bridgehead atoms. The van der Waals surface area contributed by atoms with Crippen LogP contribution in [0.5, 0.6) is 11.5 Å². The molecule has 2 aromatic carbocycles. The van der Waals surface area contributed by atoms with Crippen LogP contribution in [0.4, 0.5) is 0 Å². The number of nitrogens with zero attached hydrogens (tertiary/aromatic N) is 1. The Kier molecular flexibility index (Phi) is 4.32. The molecule has 118 valence electrons. The first-order valence-electron chi connectivity index (χ1n) is 7.06. The minimum atomic E-state index is -1.37. The smallest absolute Gasteiger partial charge is 0.180 e. The lowest BCUT2D eigenvalue weighted by molar-refractivity contribution is 0.356. The molecule has 3 aromatic rings. The van der Waals surface area contributed by atoms with Crippen molar-refractivity contribution in [2.24, 2.45) is 0 Å². The fraction of sp³-hybridized carbons (Fsp3) is 0.111. The van der Waals surface area contributed by atoms with Crippen molar-refractivity contribution in [2.45, 2.75) is 4.90 Å². The molecule has 0 spiro atoms. The van der Waals surface area contributed by atoms with Crippen LogP contribution in [0.2, 0.25) is 0 Å². The van der Waals surface area contributed by atoms with Crippen molar-refractivity contribution in [2.75, 3.05) is 14.2 Å². The molecule has 0 saturated heterocycles. The fourth-order valence-corrected chi connectivity index (χ4v) is 3.76. The minimum absolute atomic E-state index is 0.597. The second kappa shape index (κ2) is 6.40. The number of ether oxygens (including phenoxy) is 2. The molecule has 3 rings (SSSR count). The van der Waals surface area contributed by atoms with Crippen LogP contribution in [0, 0.1) is 0 Å². The third-order valence-electron chi connectivity index (χ3n) is 3.61. The van der Waals surface area contributed by atoms with Gasteiger partial charge in [0.2, 0.25) is 0 Å². The van der Waals surface area contributed by atoms with Crippen LogP contribution in [-0.4, -0.2) is 22.7 Å². The number of aromatic nitrogens is 1. The summed E-state index contributed by atoms with van der Waals surface area (Å²) in [6.45, 7) is 3.83. The second-order valence-electron chi connectivity index (χ2n) is 4.90. The molecule has 4 nitrogen and oxygen atoms in total. The third kappa shape index (κ3) is 2.69. The van der Waals surface area contributed by atoms with E-state index < -0.39 is 11.4 Å². The highest BCUT2D eigenvalue weighted by Gasteiger charge is 2.22. The number of hydrogen-bond acceptors (Lipinski definition) is 3. The van der Waals surface area contributed by atoms with Crippen molar-refractivity contribution in [1.29, 1.82) is 0 Å². The zero-order valence-corrected chi connectivity index (χ0v) is 13.8. The summed E-state index contributed by atoms with van der Waals surface area (Å²) in [5, 5.41) is 0.918. The summed E-state index contributed by atoms with van der Waals surface area (Å²) in [5.41, 5.74) is 1.58. The highest BCUT2D eigenvalue weighted by atomic mass is 32.2. The molecule has 0 fully saturated rings. The number of rotatable bonds is 5. The van der Waals surface area contributed by atoms with Crippen LogP contribution >= 0.6 is 0 Å². The molecule has 0 saturated carbocycles. The van der Waals surface area contributed by atoms with E-state index in [0.717, 1.165) is 21.5 Å². The molecule has 0 radical (unpaired) electrons. The summed E-state index contributed by atoms with van der Waals surface area (Å²) in [6, 6.07) is 15.0. The topological polar surface area (TPSA) is 46.5 Å². The SMILES string of the molecule is C=Cc1cc2cc(OC)c(OC)cc2n1[S+]([O-])c1ccccc1. The van der Waals surface area contributed by atoms with Crippen LogP contribution in [0.1, 0.15) is 5.69 Å². The van der Waals surface area contributed by atoms with Gasteiger partial charge in [0.1, 0.15) is 16.9 Å². The predicted molar refractivity (Wildman–Crippen MR) is 93.4 cm³/mol. The average Bonchev–Trinajstić information content (AvgIpc) is 2.97. The van der Waals surface area contributed by atoms with Crippen molar-refractivity contribution >= 4 is 28.3 Å². The van der Waals surface area contributed by atoms with Gasteiger partial charge in [-0.05, 0) is 30.3 Å². The van der Waals surface area contributed by atoms with Gasteiger partial charge in [0.05, 0.1) is 19.9 Å². The number of benzene rings is 2. The van der Waals surface area contributed by atoms with Crippen molar-refractivity contribution in [1.82, 2.24) is 3.97 Å². The van der Waals surface area contributed by atoms with Gasteiger partial charge >= 0.3 is 0 Å². The van der Waals surface area contributed by atoms with Gasteiger partial charge in [-0.3, -0.25) is 0 Å². The van der Waals surface area contributed by atoms with Crippen molar-refractivity contribution in [3.05, 3.63) is 60.8 Å². The third-order valence-corrected chi connectivity index (χ3v) is 5.02. The van der Waals surface area contributed by atoms with E-state index in [2.05, 4.69) is 6.58 Å². The van der Waals surface area contributed by atoms with Gasteiger partial charge in [-0.15, -0.1) is 0 Å². The monoisotopic (exact) mass is 327 g/mol. The Hall–Kier alpha value is -2.37. The first-order valence-corrected chi connectivity index (χ1v) is 8.17. The van der Waals surface area contributed by atoms with Crippen LogP contribution in [0.15, 0.2) is 60.0 Å². The van der Waals surface area contributed by atoms with E-state index in [9.17, 15) is 4.55 Å². The van der Waals surface area contributed by atoms with E-state index in [1.807, 2.05) is 48.5 Å². The Morgan fingerprint density at radius 2 is 1.70 bits per heavy atom. The summed E-state index contributed by atoms with van der Waals surface area (Å²) in [4.78, 5) is 0.725. The van der Waals surface area contributed by atoms with Gasteiger partial charge in [-0.25, -0.2) is 0 Å². The molecular formula is C18H17NO3S. The van der Waals surface area contributed by atoms with E-state index in [0.29, 0.717) is 11.5 Å². The normalized spacial score (nSPS) is 12.1. The van der Waals surface area contributed by atoms with Crippen molar-refractivity contribution in [3.63, 3.8) is 0 Å². The molecule has 0 N–H and O–H groups in total. The summed E-state index contributed by atoms with van der Waals surface area (Å²) >= 11 is -1.37. The molecule has 0 aliphatic carbocycles.